The van der Waals surface area contributed by atoms with Gasteiger partial charge in [0.15, 0.2) is 0 Å². The molecule has 3 nitrogen and oxygen atoms in total. The van der Waals surface area contributed by atoms with Crippen LogP contribution in [0.15, 0.2) is 18.2 Å². The zero-order valence-electron chi connectivity index (χ0n) is 10.1. The Hall–Kier alpha value is -1.42. The van der Waals surface area contributed by atoms with Crippen molar-refractivity contribution >= 4 is 27.5 Å². The Kier molecular flexibility index (Phi) is 3.04. The van der Waals surface area contributed by atoms with Gasteiger partial charge in [-0.05, 0) is 25.0 Å². The van der Waals surface area contributed by atoms with Gasteiger partial charge in [0.1, 0.15) is 0 Å². The SMILES string of the molecule is O=C(O)c1cccc2nc(C3CCCCC3)sc12. The average molecular weight is 261 g/mol. The van der Waals surface area contributed by atoms with Crippen LogP contribution in [0.2, 0.25) is 0 Å². The predicted octanol–water partition coefficient (Wildman–Crippen LogP) is 4.04. The van der Waals surface area contributed by atoms with Gasteiger partial charge in [0.2, 0.25) is 0 Å². The molecule has 0 amide bonds. The Morgan fingerprint density at radius 3 is 2.78 bits per heavy atom. The Labute approximate surface area is 109 Å². The molecule has 1 aliphatic carbocycles. The lowest BCUT2D eigenvalue weighted by molar-refractivity contribution is 0.0699. The smallest absolute Gasteiger partial charge is 0.337 e. The summed E-state index contributed by atoms with van der Waals surface area (Å²) in [6, 6.07) is 5.34. The van der Waals surface area contributed by atoms with Gasteiger partial charge >= 0.3 is 5.97 Å². The lowest BCUT2D eigenvalue weighted by Crippen LogP contribution is -2.03. The van der Waals surface area contributed by atoms with Crippen LogP contribution in [-0.2, 0) is 0 Å². The van der Waals surface area contributed by atoms with Crippen LogP contribution in [0.25, 0.3) is 10.2 Å². The van der Waals surface area contributed by atoms with Crippen LogP contribution in [-0.4, -0.2) is 16.1 Å². The van der Waals surface area contributed by atoms with E-state index in [0.29, 0.717) is 11.5 Å². The van der Waals surface area contributed by atoms with E-state index in [0.717, 1.165) is 15.2 Å². The molecule has 3 rings (SSSR count). The van der Waals surface area contributed by atoms with E-state index < -0.39 is 5.97 Å². The minimum absolute atomic E-state index is 0.382. The van der Waals surface area contributed by atoms with Crippen LogP contribution in [0.4, 0.5) is 0 Å². The number of carboxylic acid groups (broad SMARTS) is 1. The first-order valence-corrected chi connectivity index (χ1v) is 7.20. The fraction of sp³-hybridized carbons (Fsp3) is 0.429. The number of hydrogen-bond donors (Lipinski definition) is 1. The molecular weight excluding hydrogens is 246 g/mol. The van der Waals surface area contributed by atoms with Gasteiger partial charge in [0.05, 0.1) is 20.8 Å². The van der Waals surface area contributed by atoms with Gasteiger partial charge in [0.25, 0.3) is 0 Å². The van der Waals surface area contributed by atoms with Crippen molar-refractivity contribution < 1.29 is 9.90 Å². The van der Waals surface area contributed by atoms with Crippen molar-refractivity contribution in [3.8, 4) is 0 Å². The van der Waals surface area contributed by atoms with E-state index >= 15 is 0 Å². The van der Waals surface area contributed by atoms with Gasteiger partial charge in [-0.1, -0.05) is 25.3 Å². The molecule has 0 saturated heterocycles. The summed E-state index contributed by atoms with van der Waals surface area (Å²) in [6.07, 6.45) is 6.25. The largest absolute Gasteiger partial charge is 0.478 e. The summed E-state index contributed by atoms with van der Waals surface area (Å²) in [4.78, 5) is 15.8. The summed E-state index contributed by atoms with van der Waals surface area (Å²) in [5.74, 6) is -0.322. The van der Waals surface area contributed by atoms with Crippen molar-refractivity contribution in [3.63, 3.8) is 0 Å². The Bertz CT molecular complexity index is 584. The van der Waals surface area contributed by atoms with Crippen LogP contribution in [0, 0.1) is 0 Å². The Morgan fingerprint density at radius 1 is 1.28 bits per heavy atom. The zero-order valence-corrected chi connectivity index (χ0v) is 10.9. The second-order valence-corrected chi connectivity index (χ2v) is 5.88. The summed E-state index contributed by atoms with van der Waals surface area (Å²) in [5, 5.41) is 10.3. The summed E-state index contributed by atoms with van der Waals surface area (Å²) in [6.45, 7) is 0. The number of hydrogen-bond acceptors (Lipinski definition) is 3. The van der Waals surface area contributed by atoms with Gasteiger partial charge < -0.3 is 5.11 Å². The third-order valence-corrected chi connectivity index (χ3v) is 4.88. The van der Waals surface area contributed by atoms with E-state index in [1.165, 1.54) is 32.1 Å². The minimum Gasteiger partial charge on any atom is -0.478 e. The van der Waals surface area contributed by atoms with Gasteiger partial charge in [-0.2, -0.15) is 0 Å². The topological polar surface area (TPSA) is 50.2 Å². The first-order chi connectivity index (χ1) is 8.75. The number of benzene rings is 1. The number of aromatic carboxylic acids is 1. The molecule has 1 aromatic carbocycles. The lowest BCUT2D eigenvalue weighted by Gasteiger charge is -2.18. The fourth-order valence-electron chi connectivity index (χ4n) is 2.66. The van der Waals surface area contributed by atoms with Crippen molar-refractivity contribution in [2.75, 3.05) is 0 Å². The molecule has 0 atom stereocenters. The molecule has 94 valence electrons. The second-order valence-electron chi connectivity index (χ2n) is 4.85. The number of aromatic nitrogens is 1. The number of carbonyl (C=O) groups is 1. The van der Waals surface area contributed by atoms with Crippen LogP contribution in [0.1, 0.15) is 53.4 Å². The Balaban J connectivity index is 2.04. The maximum atomic E-state index is 11.2. The van der Waals surface area contributed by atoms with Crippen molar-refractivity contribution in [1.82, 2.24) is 4.98 Å². The third-order valence-electron chi connectivity index (χ3n) is 3.62. The summed E-state index contributed by atoms with van der Waals surface area (Å²) >= 11 is 1.57. The monoisotopic (exact) mass is 261 g/mol. The molecule has 1 saturated carbocycles. The standard InChI is InChI=1S/C14H15NO2S/c16-14(17)10-7-4-8-11-12(10)18-13(15-11)9-5-2-1-3-6-9/h4,7-9H,1-3,5-6H2,(H,16,17). The quantitative estimate of drug-likeness (QED) is 0.887. The van der Waals surface area contributed by atoms with Crippen LogP contribution in [0.3, 0.4) is 0 Å². The summed E-state index contributed by atoms with van der Waals surface area (Å²) in [5.41, 5.74) is 1.22. The maximum Gasteiger partial charge on any atom is 0.337 e. The molecule has 18 heavy (non-hydrogen) atoms. The molecule has 1 aliphatic rings. The average Bonchev–Trinajstić information content (AvgIpc) is 2.83. The first-order valence-electron chi connectivity index (χ1n) is 6.38. The van der Waals surface area contributed by atoms with Crippen molar-refractivity contribution in [1.29, 1.82) is 0 Å². The van der Waals surface area contributed by atoms with Crippen molar-refractivity contribution in [3.05, 3.63) is 28.8 Å². The van der Waals surface area contributed by atoms with Gasteiger partial charge in [-0.15, -0.1) is 11.3 Å². The molecule has 4 heteroatoms. The number of carboxylic acids is 1. The van der Waals surface area contributed by atoms with E-state index in [9.17, 15) is 9.90 Å². The second kappa shape index (κ2) is 4.69. The molecule has 0 unspecified atom stereocenters. The summed E-state index contributed by atoms with van der Waals surface area (Å²) < 4.78 is 0.825. The van der Waals surface area contributed by atoms with Crippen LogP contribution >= 0.6 is 11.3 Å². The van der Waals surface area contributed by atoms with E-state index in [4.69, 9.17) is 0 Å². The minimum atomic E-state index is -0.862. The molecule has 1 fully saturated rings. The Morgan fingerprint density at radius 2 is 2.06 bits per heavy atom. The normalized spacial score (nSPS) is 17.1. The number of rotatable bonds is 2. The zero-order chi connectivity index (χ0) is 12.5. The van der Waals surface area contributed by atoms with E-state index in [-0.39, 0.29) is 0 Å². The highest BCUT2D eigenvalue weighted by atomic mass is 32.1. The predicted molar refractivity (Wildman–Crippen MR) is 72.4 cm³/mol. The molecule has 0 aliphatic heterocycles. The van der Waals surface area contributed by atoms with E-state index in [1.807, 2.05) is 6.07 Å². The van der Waals surface area contributed by atoms with Gasteiger partial charge in [-0.25, -0.2) is 9.78 Å². The highest BCUT2D eigenvalue weighted by molar-refractivity contribution is 7.19. The number of nitrogens with zero attached hydrogens (tertiary/aromatic N) is 1. The molecule has 1 aromatic heterocycles. The fourth-order valence-corrected chi connectivity index (χ4v) is 3.90. The molecule has 0 radical (unpaired) electrons. The summed E-state index contributed by atoms with van der Waals surface area (Å²) in [7, 11) is 0. The number of thiazole rings is 1. The molecule has 2 aromatic rings. The first kappa shape index (κ1) is 11.7. The molecule has 0 spiro atoms. The lowest BCUT2D eigenvalue weighted by atomic mass is 9.90. The third kappa shape index (κ3) is 2.01. The van der Waals surface area contributed by atoms with Crippen molar-refractivity contribution in [2.45, 2.75) is 38.0 Å². The van der Waals surface area contributed by atoms with Gasteiger partial charge in [-0.3, -0.25) is 0 Å². The van der Waals surface area contributed by atoms with Gasteiger partial charge in [0, 0.05) is 5.92 Å². The van der Waals surface area contributed by atoms with Crippen molar-refractivity contribution in [2.24, 2.45) is 0 Å². The number of fused-ring (bicyclic) bond motifs is 1. The molecule has 1 N–H and O–H groups in total. The highest BCUT2D eigenvalue weighted by Crippen LogP contribution is 2.37. The van der Waals surface area contributed by atoms with E-state index in [2.05, 4.69) is 4.98 Å². The molecule has 0 bridgehead atoms. The highest BCUT2D eigenvalue weighted by Gasteiger charge is 2.20. The molecular formula is C14H15NO2S. The maximum absolute atomic E-state index is 11.2. The molecule has 1 heterocycles. The van der Waals surface area contributed by atoms with E-state index in [1.54, 1.807) is 23.5 Å². The van der Waals surface area contributed by atoms with Crippen LogP contribution < -0.4 is 0 Å². The van der Waals surface area contributed by atoms with Crippen LogP contribution in [0.5, 0.6) is 0 Å².